The van der Waals surface area contributed by atoms with Crippen LogP contribution in [-0.2, 0) is 4.79 Å². The minimum absolute atomic E-state index is 0.152. The van der Waals surface area contributed by atoms with Crippen LogP contribution in [0.1, 0.15) is 11.3 Å². The first kappa shape index (κ1) is 17.4. The number of hydrogen-bond acceptors (Lipinski definition) is 5. The van der Waals surface area contributed by atoms with Crippen molar-refractivity contribution in [3.05, 3.63) is 71.9 Å². The summed E-state index contributed by atoms with van der Waals surface area (Å²) in [6.07, 6.45) is 0. The molecule has 6 nitrogen and oxygen atoms in total. The second-order valence-corrected chi connectivity index (χ2v) is 5.73. The van der Waals surface area contributed by atoms with Crippen molar-refractivity contribution in [2.45, 2.75) is 13.8 Å². The van der Waals surface area contributed by atoms with E-state index in [-0.39, 0.29) is 12.5 Å². The maximum atomic E-state index is 12.1. The van der Waals surface area contributed by atoms with Crippen molar-refractivity contribution in [2.75, 3.05) is 11.9 Å². The highest BCUT2D eigenvalue weighted by molar-refractivity contribution is 5.92. The largest absolute Gasteiger partial charge is 0.466 e. The molecular weight excluding hydrogens is 330 g/mol. The van der Waals surface area contributed by atoms with Gasteiger partial charge in [-0.25, -0.2) is 0 Å². The lowest BCUT2D eigenvalue weighted by Crippen LogP contribution is -2.20. The maximum absolute atomic E-state index is 12.1. The van der Waals surface area contributed by atoms with Gasteiger partial charge in [-0.2, -0.15) is 5.10 Å². The average Bonchev–Trinajstić information content (AvgIpc) is 2.64. The Hall–Kier alpha value is -3.41. The van der Waals surface area contributed by atoms with Crippen molar-refractivity contribution in [3.8, 4) is 17.4 Å². The summed E-state index contributed by atoms with van der Waals surface area (Å²) in [5.41, 5.74) is 2.41. The van der Waals surface area contributed by atoms with Crippen LogP contribution >= 0.6 is 0 Å². The number of aromatic nitrogens is 2. The van der Waals surface area contributed by atoms with Gasteiger partial charge in [0.25, 0.3) is 5.91 Å². The Morgan fingerprint density at radius 3 is 2.50 bits per heavy atom. The topological polar surface area (TPSA) is 73.3 Å². The van der Waals surface area contributed by atoms with Crippen LogP contribution in [0.3, 0.4) is 0 Å². The number of benzene rings is 2. The summed E-state index contributed by atoms with van der Waals surface area (Å²) in [7, 11) is 0. The molecule has 0 atom stereocenters. The number of rotatable bonds is 6. The lowest BCUT2D eigenvalue weighted by atomic mass is 10.2. The van der Waals surface area contributed by atoms with Gasteiger partial charge in [-0.3, -0.25) is 4.79 Å². The van der Waals surface area contributed by atoms with Gasteiger partial charge in [-0.1, -0.05) is 24.3 Å². The number of nitrogens with one attached hydrogen (secondary N) is 1. The quantitative estimate of drug-likeness (QED) is 0.730. The van der Waals surface area contributed by atoms with E-state index >= 15 is 0 Å². The number of para-hydroxylation sites is 1. The lowest BCUT2D eigenvalue weighted by Gasteiger charge is -2.10. The Labute approximate surface area is 151 Å². The molecule has 1 amide bonds. The molecule has 1 N–H and O–H groups in total. The molecule has 3 aromatic rings. The van der Waals surface area contributed by atoms with Gasteiger partial charge >= 0.3 is 0 Å². The molecule has 0 spiro atoms. The highest BCUT2D eigenvalue weighted by atomic mass is 16.5. The van der Waals surface area contributed by atoms with Crippen molar-refractivity contribution in [1.82, 2.24) is 10.2 Å². The lowest BCUT2D eigenvalue weighted by molar-refractivity contribution is -0.118. The fraction of sp³-hybridized carbons (Fsp3) is 0.150. The number of ether oxygens (including phenoxy) is 2. The Kier molecular flexibility index (Phi) is 5.43. The number of aryl methyl sites for hydroxylation is 2. The predicted octanol–water partition coefficient (Wildman–Crippen LogP) is 3.90. The van der Waals surface area contributed by atoms with Crippen LogP contribution in [0.5, 0.6) is 17.4 Å². The molecule has 0 aliphatic heterocycles. The zero-order valence-electron chi connectivity index (χ0n) is 14.6. The molecule has 1 aromatic heterocycles. The van der Waals surface area contributed by atoms with Gasteiger partial charge in [0.2, 0.25) is 5.88 Å². The average molecular weight is 349 g/mol. The zero-order valence-corrected chi connectivity index (χ0v) is 14.6. The first-order chi connectivity index (χ1) is 12.6. The van der Waals surface area contributed by atoms with E-state index in [1.807, 2.05) is 56.3 Å². The first-order valence-electron chi connectivity index (χ1n) is 8.17. The number of anilines is 1. The van der Waals surface area contributed by atoms with Crippen molar-refractivity contribution < 1.29 is 14.3 Å². The SMILES string of the molecule is Cc1cc(OCC(=O)Nc2cccc(Oc3ccccc3)c2)nnc1C. The van der Waals surface area contributed by atoms with E-state index in [1.165, 1.54) is 0 Å². The van der Waals surface area contributed by atoms with Crippen LogP contribution in [-0.4, -0.2) is 22.7 Å². The second-order valence-electron chi connectivity index (χ2n) is 5.73. The molecule has 0 bridgehead atoms. The molecule has 26 heavy (non-hydrogen) atoms. The summed E-state index contributed by atoms with van der Waals surface area (Å²) >= 11 is 0. The summed E-state index contributed by atoms with van der Waals surface area (Å²) in [5.74, 6) is 1.40. The van der Waals surface area contributed by atoms with Crippen molar-refractivity contribution in [3.63, 3.8) is 0 Å². The standard InChI is InChI=1S/C20H19N3O3/c1-14-11-20(23-22-15(14)2)25-13-19(24)21-16-7-6-10-18(12-16)26-17-8-4-3-5-9-17/h3-12H,13H2,1-2H3,(H,21,24). The van der Waals surface area contributed by atoms with Crippen molar-refractivity contribution in [2.24, 2.45) is 0 Å². The molecular formula is C20H19N3O3. The molecule has 6 heteroatoms. The van der Waals surface area contributed by atoms with Gasteiger partial charge in [-0.05, 0) is 43.7 Å². The highest BCUT2D eigenvalue weighted by Gasteiger charge is 2.07. The monoisotopic (exact) mass is 349 g/mol. The number of amides is 1. The smallest absolute Gasteiger partial charge is 0.262 e. The third-order valence-electron chi connectivity index (χ3n) is 3.66. The first-order valence-corrected chi connectivity index (χ1v) is 8.17. The van der Waals surface area contributed by atoms with Crippen LogP contribution in [0.25, 0.3) is 0 Å². The van der Waals surface area contributed by atoms with E-state index in [2.05, 4.69) is 15.5 Å². The van der Waals surface area contributed by atoms with Crippen LogP contribution in [0, 0.1) is 13.8 Å². The number of carbonyl (C=O) groups is 1. The Bertz CT molecular complexity index is 898. The van der Waals surface area contributed by atoms with E-state index in [4.69, 9.17) is 9.47 Å². The van der Waals surface area contributed by atoms with Gasteiger partial charge in [0.05, 0.1) is 5.69 Å². The minimum Gasteiger partial charge on any atom is -0.466 e. The molecule has 132 valence electrons. The molecule has 0 radical (unpaired) electrons. The summed E-state index contributed by atoms with van der Waals surface area (Å²) in [4.78, 5) is 12.1. The van der Waals surface area contributed by atoms with Crippen LogP contribution in [0.15, 0.2) is 60.7 Å². The summed E-state index contributed by atoms with van der Waals surface area (Å²) in [6.45, 7) is 3.62. The van der Waals surface area contributed by atoms with Crippen molar-refractivity contribution in [1.29, 1.82) is 0 Å². The van der Waals surface area contributed by atoms with Crippen LogP contribution in [0.2, 0.25) is 0 Å². The van der Waals surface area contributed by atoms with E-state index < -0.39 is 0 Å². The molecule has 2 aromatic carbocycles. The molecule has 0 saturated heterocycles. The fourth-order valence-electron chi connectivity index (χ4n) is 2.19. The molecule has 0 unspecified atom stereocenters. The third-order valence-corrected chi connectivity index (χ3v) is 3.66. The normalized spacial score (nSPS) is 10.2. The fourth-order valence-corrected chi connectivity index (χ4v) is 2.19. The number of hydrogen-bond donors (Lipinski definition) is 1. The molecule has 1 heterocycles. The third kappa shape index (κ3) is 4.80. The highest BCUT2D eigenvalue weighted by Crippen LogP contribution is 2.23. The minimum atomic E-state index is -0.290. The van der Waals surface area contributed by atoms with Crippen molar-refractivity contribution >= 4 is 11.6 Å². The van der Waals surface area contributed by atoms with Gasteiger partial charge in [0.1, 0.15) is 11.5 Å². The van der Waals surface area contributed by atoms with Gasteiger partial charge in [0.15, 0.2) is 6.61 Å². The van der Waals surface area contributed by atoms with Gasteiger partial charge in [0, 0.05) is 17.8 Å². The van der Waals surface area contributed by atoms with E-state index in [9.17, 15) is 4.79 Å². The Morgan fingerprint density at radius 2 is 1.73 bits per heavy atom. The summed E-state index contributed by atoms with van der Waals surface area (Å²) in [5, 5.41) is 10.6. The maximum Gasteiger partial charge on any atom is 0.262 e. The van der Waals surface area contributed by atoms with Crippen LogP contribution < -0.4 is 14.8 Å². The predicted molar refractivity (Wildman–Crippen MR) is 98.6 cm³/mol. The van der Waals surface area contributed by atoms with Gasteiger partial charge < -0.3 is 14.8 Å². The molecule has 0 aliphatic carbocycles. The molecule has 0 aliphatic rings. The zero-order chi connectivity index (χ0) is 18.4. The molecule has 0 fully saturated rings. The van der Waals surface area contributed by atoms with E-state index in [0.29, 0.717) is 17.3 Å². The number of nitrogens with zero attached hydrogens (tertiary/aromatic N) is 2. The summed E-state index contributed by atoms with van der Waals surface area (Å²) in [6, 6.07) is 18.4. The number of carbonyl (C=O) groups excluding carboxylic acids is 1. The Balaban J connectivity index is 1.57. The molecule has 3 rings (SSSR count). The second kappa shape index (κ2) is 8.11. The van der Waals surface area contributed by atoms with Gasteiger partial charge in [-0.15, -0.1) is 5.10 Å². The molecule has 0 saturated carbocycles. The summed E-state index contributed by atoms with van der Waals surface area (Å²) < 4.78 is 11.1. The van der Waals surface area contributed by atoms with E-state index in [0.717, 1.165) is 17.0 Å². The van der Waals surface area contributed by atoms with Crippen LogP contribution in [0.4, 0.5) is 5.69 Å². The van der Waals surface area contributed by atoms with E-state index in [1.54, 1.807) is 18.2 Å². The Morgan fingerprint density at radius 1 is 0.962 bits per heavy atom.